The molecule has 1 atom stereocenters. The number of nitrogens with zero attached hydrogens (tertiary/aromatic N) is 2. The lowest BCUT2D eigenvalue weighted by molar-refractivity contribution is 0.414. The van der Waals surface area contributed by atoms with Gasteiger partial charge >= 0.3 is 0 Å². The quantitative estimate of drug-likeness (QED) is 0.808. The minimum atomic E-state index is 0.848. The average Bonchev–Trinajstić information content (AvgIpc) is 2.73. The summed E-state index contributed by atoms with van der Waals surface area (Å²) in [7, 11) is 0. The second-order valence-corrected chi connectivity index (χ2v) is 6.22. The van der Waals surface area contributed by atoms with E-state index in [0.29, 0.717) is 0 Å². The normalized spacial score (nSPS) is 19.2. The predicted octanol–water partition coefficient (Wildman–Crippen LogP) is 4.31. The van der Waals surface area contributed by atoms with Gasteiger partial charge in [-0.2, -0.15) is 0 Å². The molecule has 0 spiro atoms. The monoisotopic (exact) mass is 306 g/mol. The number of pyridine rings is 1. The summed E-state index contributed by atoms with van der Waals surface area (Å²) in [5.74, 6) is 0.848. The van der Waals surface area contributed by atoms with Crippen LogP contribution in [0.1, 0.15) is 43.3 Å². The highest BCUT2D eigenvalue weighted by molar-refractivity contribution is 9.10. The number of hydrogen-bond acceptors (Lipinski definition) is 1. The van der Waals surface area contributed by atoms with Gasteiger partial charge in [0.15, 0.2) is 0 Å². The molecule has 3 heteroatoms. The van der Waals surface area contributed by atoms with E-state index in [-0.39, 0.29) is 0 Å². The summed E-state index contributed by atoms with van der Waals surface area (Å²) in [6.45, 7) is 4.45. The maximum absolute atomic E-state index is 4.79. The molecule has 0 saturated heterocycles. The molecule has 0 bridgehead atoms. The highest BCUT2D eigenvalue weighted by atomic mass is 79.9. The Hall–Kier alpha value is -0.830. The van der Waals surface area contributed by atoms with Gasteiger partial charge in [0.05, 0.1) is 5.69 Å². The van der Waals surface area contributed by atoms with Crippen molar-refractivity contribution in [1.29, 1.82) is 0 Å². The molecule has 0 radical (unpaired) electrons. The van der Waals surface area contributed by atoms with Crippen molar-refractivity contribution in [3.8, 4) is 0 Å². The van der Waals surface area contributed by atoms with Gasteiger partial charge in [-0.3, -0.25) is 4.40 Å². The number of halogens is 1. The van der Waals surface area contributed by atoms with Crippen molar-refractivity contribution in [2.75, 3.05) is 0 Å². The third-order valence-corrected chi connectivity index (χ3v) is 4.95. The first-order valence-electron chi connectivity index (χ1n) is 6.86. The molecule has 2 aromatic heterocycles. The van der Waals surface area contributed by atoms with Gasteiger partial charge in [-0.05, 0) is 60.2 Å². The van der Waals surface area contributed by atoms with E-state index in [1.54, 1.807) is 0 Å². The van der Waals surface area contributed by atoms with Crippen LogP contribution in [-0.2, 0) is 12.8 Å². The van der Waals surface area contributed by atoms with Crippen molar-refractivity contribution in [3.05, 3.63) is 33.7 Å². The molecule has 96 valence electrons. The molecule has 1 aliphatic carbocycles. The first-order chi connectivity index (χ1) is 8.70. The standard InChI is InChI=1S/C15H19BrN2/c1-3-4-11-5-7-13-14(9-11)18-10(2)12(16)6-8-15(18)17-13/h6,8,11H,3-5,7,9H2,1-2H3. The van der Waals surface area contributed by atoms with E-state index in [0.717, 1.165) is 18.0 Å². The van der Waals surface area contributed by atoms with Gasteiger partial charge in [0.25, 0.3) is 0 Å². The van der Waals surface area contributed by atoms with Crippen molar-refractivity contribution in [3.63, 3.8) is 0 Å². The first kappa shape index (κ1) is 12.2. The van der Waals surface area contributed by atoms with E-state index < -0.39 is 0 Å². The molecule has 2 aromatic rings. The minimum absolute atomic E-state index is 0.848. The van der Waals surface area contributed by atoms with E-state index in [9.17, 15) is 0 Å². The van der Waals surface area contributed by atoms with Crippen LogP contribution in [0, 0.1) is 12.8 Å². The van der Waals surface area contributed by atoms with Crippen molar-refractivity contribution >= 4 is 21.6 Å². The maximum atomic E-state index is 4.79. The number of aromatic nitrogens is 2. The third-order valence-electron chi connectivity index (χ3n) is 4.11. The maximum Gasteiger partial charge on any atom is 0.137 e. The van der Waals surface area contributed by atoms with E-state index in [4.69, 9.17) is 4.98 Å². The van der Waals surface area contributed by atoms with Gasteiger partial charge in [-0.15, -0.1) is 0 Å². The van der Waals surface area contributed by atoms with Crippen LogP contribution in [-0.4, -0.2) is 9.38 Å². The van der Waals surface area contributed by atoms with Crippen LogP contribution in [0.3, 0.4) is 0 Å². The van der Waals surface area contributed by atoms with Gasteiger partial charge in [0.1, 0.15) is 5.65 Å². The molecule has 0 saturated carbocycles. The first-order valence-corrected chi connectivity index (χ1v) is 7.65. The molecule has 0 aliphatic heterocycles. The van der Waals surface area contributed by atoms with Crippen LogP contribution in [0.5, 0.6) is 0 Å². The zero-order chi connectivity index (χ0) is 12.7. The van der Waals surface area contributed by atoms with Crippen LogP contribution >= 0.6 is 15.9 Å². The van der Waals surface area contributed by atoms with E-state index in [1.807, 2.05) is 0 Å². The van der Waals surface area contributed by atoms with Crippen molar-refractivity contribution in [2.45, 2.75) is 46.0 Å². The number of imidazole rings is 1. The van der Waals surface area contributed by atoms with Crippen molar-refractivity contribution in [1.82, 2.24) is 9.38 Å². The second-order valence-electron chi connectivity index (χ2n) is 5.36. The molecule has 0 fully saturated rings. The molecule has 1 unspecified atom stereocenters. The van der Waals surface area contributed by atoms with Crippen molar-refractivity contribution < 1.29 is 0 Å². The van der Waals surface area contributed by atoms with Crippen LogP contribution in [0.15, 0.2) is 16.6 Å². The Kier molecular flexibility index (Phi) is 3.18. The SMILES string of the molecule is CCCC1CCc2nc3ccc(Br)c(C)n3c2C1. The summed E-state index contributed by atoms with van der Waals surface area (Å²) in [5, 5.41) is 0. The smallest absolute Gasteiger partial charge is 0.137 e. The van der Waals surface area contributed by atoms with E-state index in [2.05, 4.69) is 46.3 Å². The van der Waals surface area contributed by atoms with Crippen LogP contribution in [0.4, 0.5) is 0 Å². The highest BCUT2D eigenvalue weighted by Gasteiger charge is 2.23. The molecule has 0 amide bonds. The Balaban J connectivity index is 2.11. The summed E-state index contributed by atoms with van der Waals surface area (Å²) in [5.41, 5.74) is 5.16. The summed E-state index contributed by atoms with van der Waals surface area (Å²) in [6, 6.07) is 4.22. The molecule has 3 rings (SSSR count). The predicted molar refractivity (Wildman–Crippen MR) is 78.1 cm³/mol. The van der Waals surface area contributed by atoms with Gasteiger partial charge in [0, 0.05) is 15.9 Å². The van der Waals surface area contributed by atoms with E-state index in [1.165, 1.54) is 47.2 Å². The number of rotatable bonds is 2. The third kappa shape index (κ3) is 1.89. The number of hydrogen-bond donors (Lipinski definition) is 0. The lowest BCUT2D eigenvalue weighted by Crippen LogP contribution is -2.15. The molecule has 18 heavy (non-hydrogen) atoms. The topological polar surface area (TPSA) is 17.3 Å². The van der Waals surface area contributed by atoms with Crippen LogP contribution < -0.4 is 0 Å². The van der Waals surface area contributed by atoms with Crippen molar-refractivity contribution in [2.24, 2.45) is 5.92 Å². The fourth-order valence-corrected chi connectivity index (χ4v) is 3.47. The van der Waals surface area contributed by atoms with Gasteiger partial charge in [0.2, 0.25) is 0 Å². The zero-order valence-electron chi connectivity index (χ0n) is 11.0. The Morgan fingerprint density at radius 2 is 2.28 bits per heavy atom. The van der Waals surface area contributed by atoms with Crippen LogP contribution in [0.2, 0.25) is 0 Å². The summed E-state index contributed by atoms with van der Waals surface area (Å²) < 4.78 is 3.52. The van der Waals surface area contributed by atoms with Gasteiger partial charge in [-0.25, -0.2) is 4.98 Å². The second kappa shape index (κ2) is 4.69. The Bertz CT molecular complexity index is 586. The molecular formula is C15H19BrN2. The lowest BCUT2D eigenvalue weighted by Gasteiger charge is -2.21. The Morgan fingerprint density at radius 1 is 1.44 bits per heavy atom. The summed E-state index contributed by atoms with van der Waals surface area (Å²) in [4.78, 5) is 4.79. The molecule has 2 heterocycles. The number of aryl methyl sites for hydroxylation is 2. The fourth-order valence-electron chi connectivity index (χ4n) is 3.16. The van der Waals surface area contributed by atoms with E-state index >= 15 is 0 Å². The fraction of sp³-hybridized carbons (Fsp3) is 0.533. The minimum Gasteiger partial charge on any atom is -0.300 e. The summed E-state index contributed by atoms with van der Waals surface area (Å²) >= 11 is 3.63. The largest absolute Gasteiger partial charge is 0.300 e. The molecular weight excluding hydrogens is 288 g/mol. The lowest BCUT2D eigenvalue weighted by atomic mass is 9.86. The Morgan fingerprint density at radius 3 is 3.06 bits per heavy atom. The summed E-state index contributed by atoms with van der Waals surface area (Å²) in [6.07, 6.45) is 6.30. The van der Waals surface area contributed by atoms with Crippen LogP contribution in [0.25, 0.3) is 5.65 Å². The molecule has 0 N–H and O–H groups in total. The average molecular weight is 307 g/mol. The van der Waals surface area contributed by atoms with Gasteiger partial charge < -0.3 is 0 Å². The number of fused-ring (bicyclic) bond motifs is 3. The molecule has 0 aromatic carbocycles. The highest BCUT2D eigenvalue weighted by Crippen LogP contribution is 2.31. The molecule has 1 aliphatic rings. The Labute approximate surface area is 117 Å². The molecule has 2 nitrogen and oxygen atoms in total. The van der Waals surface area contributed by atoms with Gasteiger partial charge in [-0.1, -0.05) is 19.8 Å². The zero-order valence-corrected chi connectivity index (χ0v) is 12.6.